The van der Waals surface area contributed by atoms with Gasteiger partial charge in [-0.25, -0.2) is 9.59 Å². The monoisotopic (exact) mass is 397 g/mol. The molecule has 1 heterocycles. The molecule has 1 atom stereocenters. The molecule has 8 nitrogen and oxygen atoms in total. The molecule has 1 aromatic rings. The molecule has 148 valence electrons. The highest BCUT2D eigenvalue weighted by molar-refractivity contribution is 7.98. The third-order valence-corrected chi connectivity index (χ3v) is 5.50. The van der Waals surface area contributed by atoms with E-state index in [1.54, 1.807) is 6.92 Å². The van der Waals surface area contributed by atoms with Crippen molar-refractivity contribution in [1.82, 2.24) is 4.90 Å². The SMILES string of the molecule is COC(=O)[C@@H]1CSCc2c(O)cc(OC)c(C)c2C(=O)OCCC(=O)N1C. The van der Waals surface area contributed by atoms with Gasteiger partial charge in [-0.2, -0.15) is 11.8 Å². The minimum absolute atomic E-state index is 0.0647. The molecule has 0 spiro atoms. The van der Waals surface area contributed by atoms with Gasteiger partial charge >= 0.3 is 11.9 Å². The van der Waals surface area contributed by atoms with E-state index in [-0.39, 0.29) is 41.8 Å². The Bertz CT molecular complexity index is 750. The van der Waals surface area contributed by atoms with Crippen LogP contribution >= 0.6 is 11.8 Å². The number of ether oxygens (including phenoxy) is 3. The van der Waals surface area contributed by atoms with Gasteiger partial charge < -0.3 is 24.2 Å². The first-order valence-electron chi connectivity index (χ1n) is 8.29. The molecule has 1 aliphatic heterocycles. The molecular weight excluding hydrogens is 374 g/mol. The number of aromatic hydroxyl groups is 1. The van der Waals surface area contributed by atoms with Crippen molar-refractivity contribution < 1.29 is 33.7 Å². The molecule has 1 N–H and O–H groups in total. The molecule has 0 aromatic heterocycles. The highest BCUT2D eigenvalue weighted by atomic mass is 32.2. The molecule has 0 fully saturated rings. The van der Waals surface area contributed by atoms with Gasteiger partial charge in [0.1, 0.15) is 24.1 Å². The fraction of sp³-hybridized carbons (Fsp3) is 0.500. The van der Waals surface area contributed by atoms with E-state index in [4.69, 9.17) is 14.2 Å². The van der Waals surface area contributed by atoms with Crippen molar-refractivity contribution >= 4 is 29.6 Å². The maximum Gasteiger partial charge on any atom is 0.338 e. The summed E-state index contributed by atoms with van der Waals surface area (Å²) in [5, 5.41) is 10.4. The van der Waals surface area contributed by atoms with Crippen LogP contribution in [0.4, 0.5) is 0 Å². The number of nitrogens with zero attached hydrogens (tertiary/aromatic N) is 1. The summed E-state index contributed by atoms with van der Waals surface area (Å²) in [6.07, 6.45) is -0.0647. The van der Waals surface area contributed by atoms with E-state index in [9.17, 15) is 19.5 Å². The van der Waals surface area contributed by atoms with Crippen LogP contribution in [0.2, 0.25) is 0 Å². The number of carbonyl (C=O) groups is 3. The number of phenolic OH excluding ortho intramolecular Hbond substituents is 1. The van der Waals surface area contributed by atoms with Crippen LogP contribution in [0.3, 0.4) is 0 Å². The number of rotatable bonds is 2. The fourth-order valence-corrected chi connectivity index (χ4v) is 4.03. The summed E-state index contributed by atoms with van der Waals surface area (Å²) in [4.78, 5) is 38.2. The fourth-order valence-electron chi connectivity index (χ4n) is 2.83. The summed E-state index contributed by atoms with van der Waals surface area (Å²) in [6, 6.07) is 0.675. The molecule has 0 saturated carbocycles. The zero-order valence-corrected chi connectivity index (χ0v) is 16.6. The van der Waals surface area contributed by atoms with E-state index in [2.05, 4.69) is 0 Å². The first-order valence-corrected chi connectivity index (χ1v) is 9.45. The number of benzene rings is 1. The standard InChI is InChI=1S/C18H23NO7S/c1-10-14(24-3)7-13(20)11-8-27-9-12(17(22)25-4)19(2)15(21)5-6-26-18(23)16(10)11/h7,12,20H,5-6,8-9H2,1-4H3/t12-/m0/s1. The second kappa shape index (κ2) is 8.98. The van der Waals surface area contributed by atoms with Gasteiger partial charge in [0.2, 0.25) is 5.91 Å². The number of hydrogen-bond acceptors (Lipinski definition) is 8. The van der Waals surface area contributed by atoms with E-state index in [0.29, 0.717) is 16.9 Å². The topological polar surface area (TPSA) is 102 Å². The molecule has 2 rings (SSSR count). The van der Waals surface area contributed by atoms with Gasteiger partial charge in [0, 0.05) is 35.7 Å². The third-order valence-electron chi connectivity index (χ3n) is 4.45. The molecule has 0 radical (unpaired) electrons. The Morgan fingerprint density at radius 1 is 1.37 bits per heavy atom. The molecule has 9 heteroatoms. The lowest BCUT2D eigenvalue weighted by Gasteiger charge is -2.27. The molecule has 0 saturated heterocycles. The van der Waals surface area contributed by atoms with Gasteiger partial charge in [-0.15, -0.1) is 0 Å². The van der Waals surface area contributed by atoms with E-state index >= 15 is 0 Å². The van der Waals surface area contributed by atoms with Crippen molar-refractivity contribution in [1.29, 1.82) is 0 Å². The van der Waals surface area contributed by atoms with Crippen LogP contribution in [-0.4, -0.2) is 67.5 Å². The molecule has 1 aromatic carbocycles. The van der Waals surface area contributed by atoms with Gasteiger partial charge in [-0.1, -0.05) is 0 Å². The Morgan fingerprint density at radius 2 is 2.07 bits per heavy atom. The van der Waals surface area contributed by atoms with Gasteiger partial charge in [0.25, 0.3) is 0 Å². The maximum absolute atomic E-state index is 12.6. The third kappa shape index (κ3) is 4.47. The average Bonchev–Trinajstić information content (AvgIpc) is 2.65. The summed E-state index contributed by atoms with van der Waals surface area (Å²) < 4.78 is 15.2. The number of amides is 1. The quantitative estimate of drug-likeness (QED) is 0.749. The van der Waals surface area contributed by atoms with E-state index in [1.807, 2.05) is 0 Å². The van der Waals surface area contributed by atoms with Gasteiger partial charge in [0.05, 0.1) is 26.2 Å². The van der Waals surface area contributed by atoms with Gasteiger partial charge in [-0.3, -0.25) is 4.79 Å². The van der Waals surface area contributed by atoms with Crippen LogP contribution in [0.5, 0.6) is 11.5 Å². The van der Waals surface area contributed by atoms with E-state index in [0.717, 1.165) is 0 Å². The minimum atomic E-state index is -0.771. The number of hydrogen-bond donors (Lipinski definition) is 1. The predicted molar refractivity (Wildman–Crippen MR) is 99.0 cm³/mol. The molecule has 0 bridgehead atoms. The molecular formula is C18H23NO7S. The van der Waals surface area contributed by atoms with E-state index < -0.39 is 18.0 Å². The lowest BCUT2D eigenvalue weighted by molar-refractivity contribution is -0.150. The van der Waals surface area contributed by atoms with Crippen molar-refractivity contribution in [2.75, 3.05) is 33.6 Å². The highest BCUT2D eigenvalue weighted by Gasteiger charge is 2.30. The number of fused-ring (bicyclic) bond motifs is 1. The number of carbonyl (C=O) groups excluding carboxylic acids is 3. The van der Waals surface area contributed by atoms with Crippen LogP contribution < -0.4 is 4.74 Å². The Labute approximate surface area is 161 Å². The summed E-state index contributed by atoms with van der Waals surface area (Å²) in [7, 11) is 4.22. The number of esters is 2. The van der Waals surface area contributed by atoms with Crippen molar-refractivity contribution in [2.24, 2.45) is 0 Å². The number of thioether (sulfide) groups is 1. The maximum atomic E-state index is 12.6. The lowest BCUT2D eigenvalue weighted by Crippen LogP contribution is -2.45. The second-order valence-electron chi connectivity index (χ2n) is 6.02. The Kier molecular flexibility index (Phi) is 6.95. The zero-order chi connectivity index (χ0) is 20.1. The summed E-state index contributed by atoms with van der Waals surface area (Å²) >= 11 is 1.30. The Morgan fingerprint density at radius 3 is 2.70 bits per heavy atom. The number of likely N-dealkylation sites (N-methyl/N-ethyl adjacent to an activating group) is 1. The molecule has 0 aliphatic carbocycles. The van der Waals surface area contributed by atoms with Crippen molar-refractivity contribution in [2.45, 2.75) is 25.1 Å². The molecule has 0 unspecified atom stereocenters. The van der Waals surface area contributed by atoms with Crippen molar-refractivity contribution in [3.05, 3.63) is 22.8 Å². The Balaban J connectivity index is 2.43. The number of cyclic esters (lactones) is 1. The van der Waals surface area contributed by atoms with Gasteiger partial charge in [0.15, 0.2) is 0 Å². The summed E-state index contributed by atoms with van der Waals surface area (Å²) in [5.74, 6) is -0.702. The zero-order valence-electron chi connectivity index (χ0n) is 15.7. The largest absolute Gasteiger partial charge is 0.507 e. The van der Waals surface area contributed by atoms with Gasteiger partial charge in [-0.05, 0) is 6.92 Å². The predicted octanol–water partition coefficient (Wildman–Crippen LogP) is 1.50. The molecule has 27 heavy (non-hydrogen) atoms. The molecule has 1 aliphatic rings. The van der Waals surface area contributed by atoms with Crippen molar-refractivity contribution in [3.63, 3.8) is 0 Å². The van der Waals surface area contributed by atoms with Crippen LogP contribution in [0.25, 0.3) is 0 Å². The number of phenols is 1. The summed E-state index contributed by atoms with van der Waals surface area (Å²) in [6.45, 7) is 1.56. The summed E-state index contributed by atoms with van der Waals surface area (Å²) in [5.41, 5.74) is 1.16. The minimum Gasteiger partial charge on any atom is -0.507 e. The smallest absolute Gasteiger partial charge is 0.338 e. The number of methoxy groups -OCH3 is 2. The normalized spacial score (nSPS) is 18.7. The first-order chi connectivity index (χ1) is 12.8. The van der Waals surface area contributed by atoms with Crippen molar-refractivity contribution in [3.8, 4) is 11.5 Å². The first kappa shape index (κ1) is 20.9. The molecule has 1 amide bonds. The average molecular weight is 397 g/mol. The Hall–Kier alpha value is -2.42. The van der Waals surface area contributed by atoms with E-state index in [1.165, 1.54) is 44.0 Å². The van der Waals surface area contributed by atoms with Crippen LogP contribution in [0.15, 0.2) is 6.07 Å². The second-order valence-corrected chi connectivity index (χ2v) is 7.05. The van der Waals surface area contributed by atoms with Crippen LogP contribution in [-0.2, 0) is 24.8 Å². The highest BCUT2D eigenvalue weighted by Crippen LogP contribution is 2.35. The van der Waals surface area contributed by atoms with Crippen LogP contribution in [0.1, 0.15) is 27.9 Å². The van der Waals surface area contributed by atoms with Crippen LogP contribution in [0, 0.1) is 6.92 Å². The lowest BCUT2D eigenvalue weighted by atomic mass is 10.0.